The van der Waals surface area contributed by atoms with Gasteiger partial charge in [-0.1, -0.05) is 41.9 Å². The average Bonchev–Trinajstić information content (AvgIpc) is 2.96. The Labute approximate surface area is 145 Å². The largest absolute Gasteiger partial charge is 0.384 e. The highest BCUT2D eigenvalue weighted by Gasteiger charge is 2.23. The van der Waals surface area contributed by atoms with E-state index in [2.05, 4.69) is 10.3 Å². The molecule has 0 fully saturated rings. The molecule has 0 aliphatic carbocycles. The summed E-state index contributed by atoms with van der Waals surface area (Å²) in [6, 6.07) is 14.8. The molecule has 0 saturated carbocycles. The fourth-order valence-electron chi connectivity index (χ4n) is 2.70. The number of amides is 1. The lowest BCUT2D eigenvalue weighted by Crippen LogP contribution is -2.39. The van der Waals surface area contributed by atoms with Gasteiger partial charge < -0.3 is 15.4 Å². The van der Waals surface area contributed by atoms with Crippen LogP contribution >= 0.6 is 11.6 Å². The van der Waals surface area contributed by atoms with Crippen molar-refractivity contribution in [3.8, 4) is 0 Å². The smallest absolute Gasteiger partial charge is 0.224 e. The van der Waals surface area contributed by atoms with Crippen molar-refractivity contribution in [2.45, 2.75) is 18.9 Å². The first-order valence-electron chi connectivity index (χ1n) is 7.76. The SMILES string of the molecule is CC(O)(CNC(=O)Cc1c[nH]c2ccc(Cl)cc12)c1ccccc1. The third kappa shape index (κ3) is 3.61. The van der Waals surface area contributed by atoms with E-state index in [-0.39, 0.29) is 18.9 Å². The summed E-state index contributed by atoms with van der Waals surface area (Å²) in [6.45, 7) is 1.84. The summed E-state index contributed by atoms with van der Waals surface area (Å²) < 4.78 is 0. The zero-order chi connectivity index (χ0) is 17.2. The molecule has 1 heterocycles. The number of hydrogen-bond donors (Lipinski definition) is 3. The summed E-state index contributed by atoms with van der Waals surface area (Å²) in [7, 11) is 0. The van der Waals surface area contributed by atoms with E-state index < -0.39 is 5.60 Å². The number of hydrogen-bond acceptors (Lipinski definition) is 2. The van der Waals surface area contributed by atoms with Gasteiger partial charge in [0.15, 0.2) is 0 Å². The van der Waals surface area contributed by atoms with Crippen LogP contribution in [0.1, 0.15) is 18.1 Å². The molecule has 124 valence electrons. The van der Waals surface area contributed by atoms with Crippen LogP contribution in [0.25, 0.3) is 10.9 Å². The predicted octanol–water partition coefficient (Wildman–Crippen LogP) is 3.39. The Kier molecular flexibility index (Phi) is 4.60. The van der Waals surface area contributed by atoms with Crippen LogP contribution in [0.15, 0.2) is 54.7 Å². The topological polar surface area (TPSA) is 65.1 Å². The average molecular weight is 343 g/mol. The van der Waals surface area contributed by atoms with Crippen LogP contribution in [0.5, 0.6) is 0 Å². The number of aromatic amines is 1. The lowest BCUT2D eigenvalue weighted by Gasteiger charge is -2.24. The fourth-order valence-corrected chi connectivity index (χ4v) is 2.87. The Balaban J connectivity index is 1.66. The molecule has 3 aromatic rings. The minimum atomic E-state index is -1.11. The van der Waals surface area contributed by atoms with Gasteiger partial charge in [-0.3, -0.25) is 4.79 Å². The monoisotopic (exact) mass is 342 g/mol. The van der Waals surface area contributed by atoms with E-state index in [9.17, 15) is 9.90 Å². The van der Waals surface area contributed by atoms with Gasteiger partial charge in [-0.25, -0.2) is 0 Å². The number of fused-ring (bicyclic) bond motifs is 1. The lowest BCUT2D eigenvalue weighted by atomic mass is 9.96. The maximum absolute atomic E-state index is 12.2. The van der Waals surface area contributed by atoms with E-state index in [1.807, 2.05) is 48.7 Å². The van der Waals surface area contributed by atoms with Gasteiger partial charge in [0.05, 0.1) is 13.0 Å². The first-order chi connectivity index (χ1) is 11.5. The first kappa shape index (κ1) is 16.6. The summed E-state index contributed by atoms with van der Waals surface area (Å²) in [5, 5.41) is 14.9. The summed E-state index contributed by atoms with van der Waals surface area (Å²) >= 11 is 6.03. The number of carbonyl (C=O) groups is 1. The number of rotatable bonds is 5. The van der Waals surface area contributed by atoms with Crippen LogP contribution in [0, 0.1) is 0 Å². The van der Waals surface area contributed by atoms with Gasteiger partial charge in [0.25, 0.3) is 0 Å². The molecule has 0 radical (unpaired) electrons. The van der Waals surface area contributed by atoms with Gasteiger partial charge in [-0.15, -0.1) is 0 Å². The molecular weight excluding hydrogens is 324 g/mol. The zero-order valence-electron chi connectivity index (χ0n) is 13.3. The second kappa shape index (κ2) is 6.67. The molecule has 1 amide bonds. The van der Waals surface area contributed by atoms with Gasteiger partial charge in [-0.2, -0.15) is 0 Å². The summed E-state index contributed by atoms with van der Waals surface area (Å²) in [5.41, 5.74) is 1.48. The van der Waals surface area contributed by atoms with Gasteiger partial charge in [0.1, 0.15) is 5.60 Å². The van der Waals surface area contributed by atoms with E-state index in [0.29, 0.717) is 5.02 Å². The minimum Gasteiger partial charge on any atom is -0.384 e. The first-order valence-corrected chi connectivity index (χ1v) is 8.13. The highest BCUT2D eigenvalue weighted by atomic mass is 35.5. The number of halogens is 1. The fraction of sp³-hybridized carbons (Fsp3) is 0.211. The van der Waals surface area contributed by atoms with Crippen molar-refractivity contribution in [2.24, 2.45) is 0 Å². The van der Waals surface area contributed by atoms with Gasteiger partial charge in [0.2, 0.25) is 5.91 Å². The molecule has 0 spiro atoms. The standard InChI is InChI=1S/C19H19ClN2O2/c1-19(24,14-5-3-2-4-6-14)12-22-18(23)9-13-11-21-17-8-7-15(20)10-16(13)17/h2-8,10-11,21,24H,9,12H2,1H3,(H,22,23). The van der Waals surface area contributed by atoms with Crippen LogP contribution < -0.4 is 5.32 Å². The number of aromatic nitrogens is 1. The number of carbonyl (C=O) groups excluding carboxylic acids is 1. The van der Waals surface area contributed by atoms with Crippen molar-refractivity contribution in [3.05, 3.63) is 70.9 Å². The highest BCUT2D eigenvalue weighted by Crippen LogP contribution is 2.23. The Morgan fingerprint density at radius 1 is 1.25 bits per heavy atom. The molecule has 1 aromatic heterocycles. The molecule has 4 nitrogen and oxygen atoms in total. The molecule has 2 aromatic carbocycles. The van der Waals surface area contributed by atoms with E-state index in [1.165, 1.54) is 0 Å². The van der Waals surface area contributed by atoms with Crippen LogP contribution in [0.3, 0.4) is 0 Å². The molecule has 0 aliphatic heterocycles. The Morgan fingerprint density at radius 3 is 2.75 bits per heavy atom. The molecule has 0 bridgehead atoms. The van der Waals surface area contributed by atoms with Crippen LogP contribution in [-0.2, 0) is 16.8 Å². The van der Waals surface area contributed by atoms with Crippen LogP contribution in [-0.4, -0.2) is 22.5 Å². The van der Waals surface area contributed by atoms with Crippen molar-refractivity contribution in [2.75, 3.05) is 6.54 Å². The number of H-pyrrole nitrogens is 1. The quantitative estimate of drug-likeness (QED) is 0.665. The van der Waals surface area contributed by atoms with Crippen LogP contribution in [0.2, 0.25) is 5.02 Å². The summed E-state index contributed by atoms with van der Waals surface area (Å²) in [5.74, 6) is -0.146. The van der Waals surface area contributed by atoms with Crippen LogP contribution in [0.4, 0.5) is 0 Å². The van der Waals surface area contributed by atoms with Gasteiger partial charge in [-0.05, 0) is 36.2 Å². The Bertz CT molecular complexity index is 856. The number of nitrogens with one attached hydrogen (secondary N) is 2. The van der Waals surface area contributed by atoms with Crippen molar-refractivity contribution in [1.82, 2.24) is 10.3 Å². The van der Waals surface area contributed by atoms with E-state index in [1.54, 1.807) is 13.0 Å². The normalized spacial score (nSPS) is 13.6. The third-order valence-electron chi connectivity index (χ3n) is 4.11. The maximum atomic E-state index is 12.2. The van der Waals surface area contributed by atoms with E-state index in [0.717, 1.165) is 22.0 Å². The highest BCUT2D eigenvalue weighted by molar-refractivity contribution is 6.31. The molecule has 24 heavy (non-hydrogen) atoms. The van der Waals surface area contributed by atoms with Crippen molar-refractivity contribution < 1.29 is 9.90 Å². The van der Waals surface area contributed by atoms with Crippen molar-refractivity contribution in [3.63, 3.8) is 0 Å². The molecule has 3 N–H and O–H groups in total. The Morgan fingerprint density at radius 2 is 2.00 bits per heavy atom. The minimum absolute atomic E-state index is 0.146. The summed E-state index contributed by atoms with van der Waals surface area (Å²) in [4.78, 5) is 15.4. The van der Waals surface area contributed by atoms with Crippen molar-refractivity contribution in [1.29, 1.82) is 0 Å². The number of benzene rings is 2. The second-order valence-corrected chi connectivity index (χ2v) is 6.53. The predicted molar refractivity (Wildman–Crippen MR) is 96.0 cm³/mol. The molecular formula is C19H19ClN2O2. The van der Waals surface area contributed by atoms with E-state index >= 15 is 0 Å². The third-order valence-corrected chi connectivity index (χ3v) is 4.34. The van der Waals surface area contributed by atoms with Gasteiger partial charge >= 0.3 is 0 Å². The second-order valence-electron chi connectivity index (χ2n) is 6.10. The number of aliphatic hydroxyl groups is 1. The molecule has 0 aliphatic rings. The molecule has 1 atom stereocenters. The zero-order valence-corrected chi connectivity index (χ0v) is 14.1. The van der Waals surface area contributed by atoms with Gasteiger partial charge in [0, 0.05) is 22.1 Å². The van der Waals surface area contributed by atoms with Crippen molar-refractivity contribution >= 4 is 28.4 Å². The maximum Gasteiger partial charge on any atom is 0.224 e. The Hall–Kier alpha value is -2.30. The molecule has 5 heteroatoms. The molecule has 3 rings (SSSR count). The lowest BCUT2D eigenvalue weighted by molar-refractivity contribution is -0.121. The summed E-state index contributed by atoms with van der Waals surface area (Å²) in [6.07, 6.45) is 2.04. The molecule has 0 saturated heterocycles. The molecule has 1 unspecified atom stereocenters. The van der Waals surface area contributed by atoms with E-state index in [4.69, 9.17) is 11.6 Å².